The van der Waals surface area contributed by atoms with Crippen LogP contribution in [0.4, 0.5) is 0 Å². The molecule has 96 valence electrons. The molecular formula is C8H19N3O5. The van der Waals surface area contributed by atoms with Gasteiger partial charge in [-0.15, -0.1) is 0 Å². The maximum absolute atomic E-state index is 11.0. The van der Waals surface area contributed by atoms with E-state index < -0.39 is 12.3 Å². The van der Waals surface area contributed by atoms with Gasteiger partial charge in [0.25, 0.3) is 0 Å². The molecule has 0 saturated heterocycles. The van der Waals surface area contributed by atoms with Crippen molar-refractivity contribution in [3.05, 3.63) is 0 Å². The fourth-order valence-corrected chi connectivity index (χ4v) is 0.900. The van der Waals surface area contributed by atoms with Crippen molar-refractivity contribution in [1.29, 1.82) is 0 Å². The van der Waals surface area contributed by atoms with Crippen molar-refractivity contribution in [2.45, 2.75) is 19.1 Å². The smallest absolute Gasteiger partial charge is 0.307 e. The first-order chi connectivity index (χ1) is 7.74. The average molecular weight is 237 g/mol. The molecule has 0 aliphatic carbocycles. The van der Waals surface area contributed by atoms with Gasteiger partial charge in [-0.25, -0.2) is 0 Å². The van der Waals surface area contributed by atoms with Gasteiger partial charge >= 0.3 is 5.97 Å². The highest BCUT2D eigenvalue weighted by atomic mass is 16.5. The van der Waals surface area contributed by atoms with E-state index >= 15 is 0 Å². The molecule has 0 bridgehead atoms. The van der Waals surface area contributed by atoms with Crippen molar-refractivity contribution in [3.8, 4) is 0 Å². The third-order valence-electron chi connectivity index (χ3n) is 1.65. The van der Waals surface area contributed by atoms with Crippen LogP contribution in [-0.2, 0) is 9.53 Å². The van der Waals surface area contributed by atoms with E-state index in [2.05, 4.69) is 16.0 Å². The Morgan fingerprint density at radius 3 is 2.25 bits per heavy atom. The Hall–Kier alpha value is -0.770. The minimum atomic E-state index is -0.555. The van der Waals surface area contributed by atoms with Crippen LogP contribution in [-0.4, -0.2) is 54.4 Å². The summed E-state index contributed by atoms with van der Waals surface area (Å²) >= 11 is 0. The molecule has 0 aromatic carbocycles. The number of esters is 1. The van der Waals surface area contributed by atoms with Crippen LogP contribution in [0.15, 0.2) is 0 Å². The Balaban J connectivity index is 3.55. The summed E-state index contributed by atoms with van der Waals surface area (Å²) in [6, 6.07) is 0. The molecule has 0 amide bonds. The normalized spacial score (nSPS) is 10.8. The first-order valence-electron chi connectivity index (χ1n) is 4.93. The number of aliphatic hydroxyl groups excluding tert-OH is 3. The Kier molecular flexibility index (Phi) is 10.2. The number of aliphatic hydroxyl groups is 3. The van der Waals surface area contributed by atoms with Crippen LogP contribution in [0.25, 0.3) is 0 Å². The summed E-state index contributed by atoms with van der Waals surface area (Å²) in [5.74, 6) is -0.423. The number of rotatable bonds is 10. The fraction of sp³-hybridized carbons (Fsp3) is 0.875. The Morgan fingerprint density at radius 1 is 1.12 bits per heavy atom. The topological polar surface area (TPSA) is 123 Å². The molecule has 0 unspecified atom stereocenters. The van der Waals surface area contributed by atoms with Crippen molar-refractivity contribution >= 4 is 5.97 Å². The highest BCUT2D eigenvalue weighted by Gasteiger charge is 2.06. The molecule has 0 saturated carbocycles. The highest BCUT2D eigenvalue weighted by Crippen LogP contribution is 1.90. The van der Waals surface area contributed by atoms with Gasteiger partial charge in [-0.2, -0.15) is 0 Å². The van der Waals surface area contributed by atoms with Crippen LogP contribution in [0.3, 0.4) is 0 Å². The SMILES string of the molecule is O=C(CCCO)OCNC(NCO)NCO. The summed E-state index contributed by atoms with van der Waals surface area (Å²) in [7, 11) is 0. The summed E-state index contributed by atoms with van der Waals surface area (Å²) in [6.45, 7) is -0.690. The monoisotopic (exact) mass is 237 g/mol. The van der Waals surface area contributed by atoms with Crippen LogP contribution in [0, 0.1) is 0 Å². The van der Waals surface area contributed by atoms with Crippen molar-refractivity contribution in [1.82, 2.24) is 16.0 Å². The second-order valence-corrected chi connectivity index (χ2v) is 2.85. The maximum Gasteiger partial charge on any atom is 0.307 e. The van der Waals surface area contributed by atoms with Gasteiger partial charge < -0.3 is 20.1 Å². The number of ether oxygens (including phenoxy) is 1. The fourth-order valence-electron chi connectivity index (χ4n) is 0.900. The molecule has 16 heavy (non-hydrogen) atoms. The van der Waals surface area contributed by atoms with Crippen molar-refractivity contribution < 1.29 is 24.9 Å². The van der Waals surface area contributed by atoms with Crippen LogP contribution < -0.4 is 16.0 Å². The van der Waals surface area contributed by atoms with E-state index in [4.69, 9.17) is 20.1 Å². The van der Waals surface area contributed by atoms with E-state index in [-0.39, 0.29) is 33.2 Å². The zero-order chi connectivity index (χ0) is 12.2. The van der Waals surface area contributed by atoms with Crippen LogP contribution >= 0.6 is 0 Å². The van der Waals surface area contributed by atoms with Crippen molar-refractivity contribution in [2.75, 3.05) is 26.8 Å². The molecule has 0 radical (unpaired) electrons. The molecule has 8 nitrogen and oxygen atoms in total. The standard InChI is InChI=1S/C8H19N3O5/c12-3-1-2-7(15)16-6-11-8(9-4-13)10-5-14/h8-14H,1-6H2. The molecule has 0 atom stereocenters. The molecule has 0 aliphatic heterocycles. The van der Waals surface area contributed by atoms with Gasteiger partial charge in [-0.3, -0.25) is 20.7 Å². The van der Waals surface area contributed by atoms with E-state index in [1.807, 2.05) is 0 Å². The first-order valence-corrected chi connectivity index (χ1v) is 4.93. The minimum Gasteiger partial charge on any atom is -0.450 e. The predicted molar refractivity (Wildman–Crippen MR) is 54.6 cm³/mol. The molecule has 0 aromatic heterocycles. The number of hydrogen-bond acceptors (Lipinski definition) is 8. The third kappa shape index (κ3) is 8.53. The van der Waals surface area contributed by atoms with E-state index in [0.717, 1.165) is 0 Å². The lowest BCUT2D eigenvalue weighted by Gasteiger charge is -2.18. The Morgan fingerprint density at radius 2 is 1.75 bits per heavy atom. The van der Waals surface area contributed by atoms with E-state index in [1.165, 1.54) is 0 Å². The molecule has 0 rings (SSSR count). The first kappa shape index (κ1) is 15.2. The molecule has 0 heterocycles. The lowest BCUT2D eigenvalue weighted by atomic mass is 10.3. The number of carbonyl (C=O) groups excluding carboxylic acids is 1. The van der Waals surface area contributed by atoms with E-state index in [9.17, 15) is 4.79 Å². The molecule has 0 aliphatic rings. The summed E-state index contributed by atoms with van der Waals surface area (Å²) in [5, 5.41) is 33.4. The number of hydrogen-bond donors (Lipinski definition) is 6. The Labute approximate surface area is 93.6 Å². The van der Waals surface area contributed by atoms with Gasteiger partial charge in [-0.1, -0.05) is 0 Å². The van der Waals surface area contributed by atoms with Crippen LogP contribution in [0.1, 0.15) is 12.8 Å². The van der Waals surface area contributed by atoms with E-state index in [0.29, 0.717) is 6.42 Å². The quantitative estimate of drug-likeness (QED) is 0.178. The lowest BCUT2D eigenvalue weighted by Crippen LogP contribution is -2.53. The second kappa shape index (κ2) is 10.7. The molecular weight excluding hydrogens is 218 g/mol. The molecule has 0 spiro atoms. The molecule has 6 N–H and O–H groups in total. The predicted octanol–water partition coefficient (Wildman–Crippen LogP) is -2.79. The van der Waals surface area contributed by atoms with Gasteiger partial charge in [0.1, 0.15) is 13.0 Å². The van der Waals surface area contributed by atoms with Crippen LogP contribution in [0.5, 0.6) is 0 Å². The summed E-state index contributed by atoms with van der Waals surface area (Å²) in [4.78, 5) is 11.0. The van der Waals surface area contributed by atoms with Crippen molar-refractivity contribution in [3.63, 3.8) is 0 Å². The number of nitrogens with one attached hydrogen (secondary N) is 3. The van der Waals surface area contributed by atoms with Crippen molar-refractivity contribution in [2.24, 2.45) is 0 Å². The zero-order valence-electron chi connectivity index (χ0n) is 8.98. The van der Waals surface area contributed by atoms with Gasteiger partial charge in [0.2, 0.25) is 0 Å². The van der Waals surface area contributed by atoms with E-state index in [1.54, 1.807) is 0 Å². The average Bonchev–Trinajstić information content (AvgIpc) is 2.27. The van der Waals surface area contributed by atoms with Crippen LogP contribution in [0.2, 0.25) is 0 Å². The lowest BCUT2D eigenvalue weighted by molar-refractivity contribution is -0.145. The summed E-state index contributed by atoms with van der Waals surface area (Å²) < 4.78 is 4.76. The molecule has 0 fully saturated rings. The van der Waals surface area contributed by atoms with Gasteiger partial charge in [0, 0.05) is 13.0 Å². The Bertz CT molecular complexity index is 175. The second-order valence-electron chi connectivity index (χ2n) is 2.85. The highest BCUT2D eigenvalue weighted by molar-refractivity contribution is 5.69. The summed E-state index contributed by atoms with van der Waals surface area (Å²) in [5.41, 5.74) is 0. The van der Waals surface area contributed by atoms with Gasteiger partial charge in [0.15, 0.2) is 0 Å². The largest absolute Gasteiger partial charge is 0.450 e. The van der Waals surface area contributed by atoms with Gasteiger partial charge in [-0.05, 0) is 6.42 Å². The third-order valence-corrected chi connectivity index (χ3v) is 1.65. The zero-order valence-corrected chi connectivity index (χ0v) is 8.98. The molecule has 8 heteroatoms. The molecule has 0 aromatic rings. The van der Waals surface area contributed by atoms with Gasteiger partial charge in [0.05, 0.1) is 13.5 Å². The maximum atomic E-state index is 11.0. The minimum absolute atomic E-state index is 0.0523. The number of carbonyl (C=O) groups is 1. The summed E-state index contributed by atoms with van der Waals surface area (Å²) in [6.07, 6.45) is -0.0314.